The predicted molar refractivity (Wildman–Crippen MR) is 117 cm³/mol. The Morgan fingerprint density at radius 2 is 1.84 bits per heavy atom. The molecule has 8 heteroatoms. The monoisotopic (exact) mass is 423 g/mol. The molecule has 1 aromatic heterocycles. The lowest BCUT2D eigenvalue weighted by atomic mass is 10.2. The van der Waals surface area contributed by atoms with Gasteiger partial charge in [0.05, 0.1) is 23.9 Å². The summed E-state index contributed by atoms with van der Waals surface area (Å²) in [6, 6.07) is 14.0. The fourth-order valence-electron chi connectivity index (χ4n) is 3.06. The third-order valence-electron chi connectivity index (χ3n) is 4.74. The van der Waals surface area contributed by atoms with E-state index in [0.29, 0.717) is 34.8 Å². The molecule has 0 radical (unpaired) electrons. The lowest BCUT2D eigenvalue weighted by Gasteiger charge is -2.14. The van der Waals surface area contributed by atoms with Crippen LogP contribution in [0.1, 0.15) is 26.1 Å². The van der Waals surface area contributed by atoms with E-state index in [1.54, 1.807) is 55.6 Å². The topological polar surface area (TPSA) is 99.5 Å². The van der Waals surface area contributed by atoms with Gasteiger partial charge in [-0.15, -0.1) is 0 Å². The molecular formula is C23H25N3O5. The van der Waals surface area contributed by atoms with Crippen molar-refractivity contribution >= 4 is 28.5 Å². The molecule has 3 rings (SSSR count). The van der Waals surface area contributed by atoms with Gasteiger partial charge in [-0.05, 0) is 50.2 Å². The van der Waals surface area contributed by atoms with Crippen molar-refractivity contribution in [2.45, 2.75) is 32.8 Å². The minimum Gasteiger partial charge on any atom is -0.494 e. The standard InChI is InChI=1S/C23H25N3O5/c1-4-30-17-11-9-16(10-12-17)24-22(28)15(2)31-21(27)14-13-20-25-19-8-6-5-7-18(19)23(29)26(20)3/h5-12,15H,4,13-14H2,1-3H3,(H,24,28)/t15-/m1/s1. The zero-order valence-corrected chi connectivity index (χ0v) is 17.8. The van der Waals surface area contributed by atoms with E-state index in [-0.39, 0.29) is 18.4 Å². The molecule has 2 aromatic carbocycles. The van der Waals surface area contributed by atoms with Crippen molar-refractivity contribution in [3.8, 4) is 5.75 Å². The first-order chi connectivity index (χ1) is 14.9. The van der Waals surface area contributed by atoms with Crippen LogP contribution in [0.5, 0.6) is 5.75 Å². The van der Waals surface area contributed by atoms with Crippen molar-refractivity contribution in [1.82, 2.24) is 9.55 Å². The Morgan fingerprint density at radius 1 is 1.13 bits per heavy atom. The quantitative estimate of drug-likeness (QED) is 0.560. The molecule has 1 atom stereocenters. The second-order valence-corrected chi connectivity index (χ2v) is 6.99. The number of anilines is 1. The number of rotatable bonds is 8. The maximum atomic E-state index is 12.4. The molecular weight excluding hydrogens is 398 g/mol. The SMILES string of the molecule is CCOc1ccc(NC(=O)[C@@H](C)OC(=O)CCc2nc3ccccc3c(=O)n2C)cc1. The van der Waals surface area contributed by atoms with Crippen molar-refractivity contribution in [3.05, 3.63) is 64.7 Å². The summed E-state index contributed by atoms with van der Waals surface area (Å²) in [4.78, 5) is 41.4. The number of amides is 1. The second-order valence-electron chi connectivity index (χ2n) is 6.99. The Hall–Kier alpha value is -3.68. The molecule has 1 heterocycles. The Kier molecular flexibility index (Phi) is 7.02. The predicted octanol–water partition coefficient (Wildman–Crippen LogP) is 2.84. The highest BCUT2D eigenvalue weighted by molar-refractivity contribution is 5.95. The van der Waals surface area contributed by atoms with E-state index in [0.717, 1.165) is 0 Å². The van der Waals surface area contributed by atoms with Gasteiger partial charge in [-0.2, -0.15) is 0 Å². The third kappa shape index (κ3) is 5.48. The summed E-state index contributed by atoms with van der Waals surface area (Å²) in [7, 11) is 1.62. The molecule has 0 aliphatic carbocycles. The third-order valence-corrected chi connectivity index (χ3v) is 4.74. The van der Waals surface area contributed by atoms with Gasteiger partial charge >= 0.3 is 5.97 Å². The number of aryl methyl sites for hydroxylation is 1. The minimum atomic E-state index is -0.965. The molecule has 0 spiro atoms. The van der Waals surface area contributed by atoms with Crippen molar-refractivity contribution in [1.29, 1.82) is 0 Å². The van der Waals surface area contributed by atoms with Crippen LogP contribution in [0.15, 0.2) is 53.3 Å². The van der Waals surface area contributed by atoms with Crippen molar-refractivity contribution < 1.29 is 19.1 Å². The number of esters is 1. The molecule has 0 bridgehead atoms. The molecule has 0 unspecified atom stereocenters. The molecule has 3 aromatic rings. The first-order valence-corrected chi connectivity index (χ1v) is 10.1. The van der Waals surface area contributed by atoms with Crippen molar-refractivity contribution in [3.63, 3.8) is 0 Å². The van der Waals surface area contributed by atoms with Gasteiger partial charge < -0.3 is 14.8 Å². The highest BCUT2D eigenvalue weighted by Crippen LogP contribution is 2.16. The Labute approximate surface area is 179 Å². The molecule has 8 nitrogen and oxygen atoms in total. The fourth-order valence-corrected chi connectivity index (χ4v) is 3.06. The zero-order chi connectivity index (χ0) is 22.4. The summed E-state index contributed by atoms with van der Waals surface area (Å²) in [5.41, 5.74) is 0.987. The number of para-hydroxylation sites is 1. The molecule has 0 aliphatic heterocycles. The van der Waals surface area contributed by atoms with Crippen LogP contribution in [0, 0.1) is 0 Å². The summed E-state index contributed by atoms with van der Waals surface area (Å²) in [6.45, 7) is 3.95. The first kappa shape index (κ1) is 22.0. The molecule has 1 N–H and O–H groups in total. The summed E-state index contributed by atoms with van der Waals surface area (Å²) in [6.07, 6.45) is -0.741. The van der Waals surface area contributed by atoms with Gasteiger partial charge in [0.1, 0.15) is 11.6 Å². The van der Waals surface area contributed by atoms with Crippen LogP contribution in [0.25, 0.3) is 10.9 Å². The van der Waals surface area contributed by atoms with E-state index in [2.05, 4.69) is 10.3 Å². The van der Waals surface area contributed by atoms with Gasteiger partial charge in [-0.3, -0.25) is 19.0 Å². The van der Waals surface area contributed by atoms with Crippen LogP contribution in [-0.4, -0.2) is 34.1 Å². The zero-order valence-electron chi connectivity index (χ0n) is 17.8. The van der Waals surface area contributed by atoms with Crippen LogP contribution in [0.3, 0.4) is 0 Å². The number of aromatic nitrogens is 2. The molecule has 0 saturated heterocycles. The van der Waals surface area contributed by atoms with Gasteiger partial charge in [-0.25, -0.2) is 4.98 Å². The van der Waals surface area contributed by atoms with E-state index in [1.807, 2.05) is 6.92 Å². The number of nitrogens with one attached hydrogen (secondary N) is 1. The number of ether oxygens (including phenoxy) is 2. The van der Waals surface area contributed by atoms with Crippen LogP contribution in [0.4, 0.5) is 5.69 Å². The molecule has 162 valence electrons. The van der Waals surface area contributed by atoms with Crippen LogP contribution < -0.4 is 15.6 Å². The van der Waals surface area contributed by atoms with Gasteiger partial charge in [-0.1, -0.05) is 12.1 Å². The summed E-state index contributed by atoms with van der Waals surface area (Å²) in [5, 5.41) is 3.22. The van der Waals surface area contributed by atoms with Crippen LogP contribution in [0.2, 0.25) is 0 Å². The van der Waals surface area contributed by atoms with Gasteiger partial charge in [0.25, 0.3) is 11.5 Å². The lowest BCUT2D eigenvalue weighted by molar-refractivity contribution is -0.153. The van der Waals surface area contributed by atoms with Gasteiger partial charge in [0.2, 0.25) is 0 Å². The lowest BCUT2D eigenvalue weighted by Crippen LogP contribution is -2.30. The molecule has 0 fully saturated rings. The minimum absolute atomic E-state index is 0.000701. The number of hydrogen-bond acceptors (Lipinski definition) is 6. The largest absolute Gasteiger partial charge is 0.494 e. The molecule has 0 saturated carbocycles. The van der Waals surface area contributed by atoms with E-state index >= 15 is 0 Å². The Bertz CT molecular complexity index is 1140. The fraction of sp³-hybridized carbons (Fsp3) is 0.304. The average Bonchev–Trinajstić information content (AvgIpc) is 2.76. The number of benzene rings is 2. The maximum Gasteiger partial charge on any atom is 0.307 e. The highest BCUT2D eigenvalue weighted by Gasteiger charge is 2.19. The maximum absolute atomic E-state index is 12.4. The summed E-state index contributed by atoms with van der Waals surface area (Å²) < 4.78 is 12.0. The normalized spacial score (nSPS) is 11.7. The highest BCUT2D eigenvalue weighted by atomic mass is 16.5. The Balaban J connectivity index is 1.55. The smallest absolute Gasteiger partial charge is 0.307 e. The van der Waals surface area contributed by atoms with E-state index in [4.69, 9.17) is 9.47 Å². The van der Waals surface area contributed by atoms with E-state index in [9.17, 15) is 14.4 Å². The van der Waals surface area contributed by atoms with Gasteiger partial charge in [0.15, 0.2) is 6.10 Å². The van der Waals surface area contributed by atoms with Gasteiger partial charge in [0, 0.05) is 19.2 Å². The first-order valence-electron chi connectivity index (χ1n) is 10.1. The summed E-state index contributed by atoms with van der Waals surface area (Å²) >= 11 is 0. The second kappa shape index (κ2) is 9.88. The molecule has 0 aliphatic rings. The van der Waals surface area contributed by atoms with Crippen LogP contribution in [-0.2, 0) is 27.8 Å². The van der Waals surface area contributed by atoms with Crippen molar-refractivity contribution in [2.24, 2.45) is 7.05 Å². The number of hydrogen-bond donors (Lipinski definition) is 1. The Morgan fingerprint density at radius 3 is 2.55 bits per heavy atom. The molecule has 31 heavy (non-hydrogen) atoms. The van der Waals surface area contributed by atoms with E-state index in [1.165, 1.54) is 11.5 Å². The van der Waals surface area contributed by atoms with E-state index < -0.39 is 18.0 Å². The number of fused-ring (bicyclic) bond motifs is 1. The van der Waals surface area contributed by atoms with Crippen LogP contribution >= 0.6 is 0 Å². The van der Waals surface area contributed by atoms with Crippen molar-refractivity contribution in [2.75, 3.05) is 11.9 Å². The summed E-state index contributed by atoms with van der Waals surface area (Å²) in [5.74, 6) is 0.203. The number of nitrogens with zero attached hydrogens (tertiary/aromatic N) is 2. The average molecular weight is 423 g/mol. The number of carbonyl (C=O) groups excluding carboxylic acids is 2. The molecule has 1 amide bonds. The number of carbonyl (C=O) groups is 2.